The fourth-order valence-corrected chi connectivity index (χ4v) is 6.13. The van der Waals surface area contributed by atoms with Gasteiger partial charge in [0.15, 0.2) is 0 Å². The average molecular weight is 517 g/mol. The van der Waals surface area contributed by atoms with Crippen molar-refractivity contribution in [3.8, 4) is 6.07 Å². The molecule has 0 radical (unpaired) electrons. The quantitative estimate of drug-likeness (QED) is 0.384. The van der Waals surface area contributed by atoms with E-state index in [1.54, 1.807) is 30.5 Å². The van der Waals surface area contributed by atoms with Gasteiger partial charge < -0.3 is 15.3 Å². The number of pyridine rings is 1. The van der Waals surface area contributed by atoms with Crippen LogP contribution in [0.1, 0.15) is 12.5 Å². The Morgan fingerprint density at radius 1 is 1.08 bits per heavy atom. The molecule has 0 spiro atoms. The predicted octanol–water partition coefficient (Wildman–Crippen LogP) is 3.39. The zero-order chi connectivity index (χ0) is 26.0. The zero-order valence-corrected chi connectivity index (χ0v) is 21.3. The fourth-order valence-electron chi connectivity index (χ4n) is 4.64. The van der Waals surface area contributed by atoms with E-state index in [0.717, 1.165) is 37.6 Å². The molecule has 1 aliphatic heterocycles. The second-order valence-electron chi connectivity index (χ2n) is 9.16. The topological polar surface area (TPSA) is 114 Å². The molecule has 2 N–H and O–H groups in total. The average Bonchev–Trinajstić information content (AvgIpc) is 3.33. The van der Waals surface area contributed by atoms with Crippen LogP contribution in [0.25, 0.3) is 10.9 Å². The lowest BCUT2D eigenvalue weighted by Gasteiger charge is -2.36. The molecule has 1 fully saturated rings. The Balaban J connectivity index is 1.34. The highest BCUT2D eigenvalue weighted by molar-refractivity contribution is 7.90. The Morgan fingerprint density at radius 3 is 2.51 bits per heavy atom. The summed E-state index contributed by atoms with van der Waals surface area (Å²) < 4.78 is 27.9. The number of benzene rings is 2. The molecule has 1 saturated heterocycles. The number of anilines is 3. The number of nitrogens with zero attached hydrogens (tertiary/aromatic N) is 5. The van der Waals surface area contributed by atoms with Gasteiger partial charge in [0.1, 0.15) is 16.8 Å². The summed E-state index contributed by atoms with van der Waals surface area (Å²) >= 11 is 0. The zero-order valence-electron chi connectivity index (χ0n) is 20.4. The predicted molar refractivity (Wildman–Crippen MR) is 144 cm³/mol. The molecule has 0 bridgehead atoms. The first-order valence-electron chi connectivity index (χ1n) is 12.1. The molecule has 1 atom stereocenters. The van der Waals surface area contributed by atoms with E-state index >= 15 is 0 Å². The molecule has 0 aliphatic carbocycles. The lowest BCUT2D eigenvalue weighted by molar-refractivity contribution is 0.123. The molecule has 10 heteroatoms. The van der Waals surface area contributed by atoms with Crippen molar-refractivity contribution in [2.24, 2.45) is 0 Å². The van der Waals surface area contributed by atoms with Gasteiger partial charge in [-0.05, 0) is 49.4 Å². The molecule has 4 aromatic rings. The third kappa shape index (κ3) is 5.15. The van der Waals surface area contributed by atoms with Gasteiger partial charge in [-0.3, -0.25) is 4.90 Å². The molecular formula is C27H28N6O3S. The molecule has 3 heterocycles. The summed E-state index contributed by atoms with van der Waals surface area (Å²) in [6, 6.07) is 19.6. The van der Waals surface area contributed by atoms with E-state index in [1.165, 1.54) is 22.3 Å². The number of hydrogen-bond acceptors (Lipinski definition) is 8. The van der Waals surface area contributed by atoms with Crippen molar-refractivity contribution < 1.29 is 13.5 Å². The van der Waals surface area contributed by atoms with Crippen LogP contribution in [0.3, 0.4) is 0 Å². The molecule has 1 aliphatic rings. The summed E-state index contributed by atoms with van der Waals surface area (Å²) in [6.07, 6.45) is 2.79. The Morgan fingerprint density at radius 2 is 1.81 bits per heavy atom. The number of aliphatic hydroxyl groups is 1. The number of aromatic nitrogens is 2. The van der Waals surface area contributed by atoms with Crippen LogP contribution in [0.5, 0.6) is 0 Å². The lowest BCUT2D eigenvalue weighted by Crippen LogP contribution is -2.48. The number of rotatable bonds is 7. The third-order valence-corrected chi connectivity index (χ3v) is 8.23. The molecule has 0 unspecified atom stereocenters. The van der Waals surface area contributed by atoms with Crippen molar-refractivity contribution in [3.05, 3.63) is 78.6 Å². The maximum Gasteiger partial charge on any atom is 0.269 e. The largest absolute Gasteiger partial charge is 0.392 e. The Hall–Kier alpha value is -3.91. The highest BCUT2D eigenvalue weighted by Crippen LogP contribution is 2.27. The summed E-state index contributed by atoms with van der Waals surface area (Å²) in [5.41, 5.74) is 2.53. The van der Waals surface area contributed by atoms with Gasteiger partial charge in [-0.25, -0.2) is 17.4 Å². The summed E-state index contributed by atoms with van der Waals surface area (Å²) in [7, 11) is -3.97. The Bertz CT molecular complexity index is 1550. The molecule has 37 heavy (non-hydrogen) atoms. The number of aliphatic hydroxyl groups excluding tert-OH is 1. The minimum atomic E-state index is -3.97. The van der Waals surface area contributed by atoms with Crippen LogP contribution in [0.4, 0.5) is 17.2 Å². The SMILES string of the molecule is C[C@H](O)CN1CCN(c2ccc(Nc3cc4c(ccn4S(=O)(=O)c4ccccc4C#N)cn3)cc2)CC1. The van der Waals surface area contributed by atoms with Crippen molar-refractivity contribution in [1.29, 1.82) is 5.26 Å². The van der Waals surface area contributed by atoms with Crippen LogP contribution in [0.2, 0.25) is 0 Å². The lowest BCUT2D eigenvalue weighted by atomic mass is 10.2. The molecular weight excluding hydrogens is 488 g/mol. The highest BCUT2D eigenvalue weighted by atomic mass is 32.2. The van der Waals surface area contributed by atoms with Crippen LogP contribution in [-0.4, -0.2) is 66.2 Å². The van der Waals surface area contributed by atoms with E-state index in [-0.39, 0.29) is 16.6 Å². The second kappa shape index (κ2) is 10.2. The summed E-state index contributed by atoms with van der Waals surface area (Å²) in [5.74, 6) is 0.510. The van der Waals surface area contributed by atoms with Gasteiger partial charge in [-0.2, -0.15) is 5.26 Å². The smallest absolute Gasteiger partial charge is 0.269 e. The Labute approximate surface area is 216 Å². The van der Waals surface area contributed by atoms with Crippen molar-refractivity contribution in [2.75, 3.05) is 42.9 Å². The molecule has 2 aromatic carbocycles. The van der Waals surface area contributed by atoms with Crippen LogP contribution < -0.4 is 10.2 Å². The molecule has 190 valence electrons. The first kappa shape index (κ1) is 24.8. The summed E-state index contributed by atoms with van der Waals surface area (Å²) in [5, 5.41) is 22.9. The van der Waals surface area contributed by atoms with Gasteiger partial charge in [0, 0.05) is 67.9 Å². The molecule has 9 nitrogen and oxygen atoms in total. The molecule has 0 amide bonds. The van der Waals surface area contributed by atoms with Crippen LogP contribution >= 0.6 is 0 Å². The number of hydrogen-bond donors (Lipinski definition) is 2. The van der Waals surface area contributed by atoms with Crippen molar-refractivity contribution >= 4 is 38.1 Å². The number of fused-ring (bicyclic) bond motifs is 1. The summed E-state index contributed by atoms with van der Waals surface area (Å²) in [6.45, 7) is 6.14. The number of β-amino-alcohol motifs (C(OH)–C–C–N with tert-alkyl or cyclic N) is 1. The Kier molecular flexibility index (Phi) is 6.84. The van der Waals surface area contributed by atoms with E-state index in [1.807, 2.05) is 25.1 Å². The van der Waals surface area contributed by atoms with Gasteiger partial charge in [0.25, 0.3) is 10.0 Å². The fraction of sp³-hybridized carbons (Fsp3) is 0.259. The van der Waals surface area contributed by atoms with Crippen molar-refractivity contribution in [2.45, 2.75) is 17.9 Å². The first-order valence-corrected chi connectivity index (χ1v) is 13.5. The molecule has 0 saturated carbocycles. The van der Waals surface area contributed by atoms with Crippen molar-refractivity contribution in [3.63, 3.8) is 0 Å². The van der Waals surface area contributed by atoms with Gasteiger partial charge >= 0.3 is 0 Å². The first-order chi connectivity index (χ1) is 17.8. The van der Waals surface area contributed by atoms with E-state index in [9.17, 15) is 18.8 Å². The standard InChI is InChI=1S/C27H28N6O3S/c1-20(34)19-31-12-14-32(15-13-31)24-8-6-23(7-9-24)30-27-16-25-22(18-29-27)10-11-33(25)37(35,36)26-5-3-2-4-21(26)17-28/h2-11,16,18,20,34H,12-15,19H2,1H3,(H,29,30)/t20-/m0/s1. The molecule has 5 rings (SSSR count). The number of nitrogens with one attached hydrogen (secondary N) is 1. The van der Waals surface area contributed by atoms with Crippen molar-refractivity contribution in [1.82, 2.24) is 13.9 Å². The van der Waals surface area contributed by atoms with E-state index in [0.29, 0.717) is 23.3 Å². The van der Waals surface area contributed by atoms with Gasteiger partial charge in [-0.15, -0.1) is 0 Å². The van der Waals surface area contributed by atoms with Crippen LogP contribution in [-0.2, 0) is 10.0 Å². The van der Waals surface area contributed by atoms with Crippen LogP contribution in [0.15, 0.2) is 78.0 Å². The summed E-state index contributed by atoms with van der Waals surface area (Å²) in [4.78, 5) is 9.00. The second-order valence-corrected chi connectivity index (χ2v) is 10.9. The van der Waals surface area contributed by atoms with Gasteiger partial charge in [0.2, 0.25) is 0 Å². The van der Waals surface area contributed by atoms with Gasteiger partial charge in [0.05, 0.1) is 17.2 Å². The van der Waals surface area contributed by atoms with E-state index in [2.05, 4.69) is 32.2 Å². The van der Waals surface area contributed by atoms with Gasteiger partial charge in [-0.1, -0.05) is 12.1 Å². The minimum Gasteiger partial charge on any atom is -0.392 e. The maximum atomic E-state index is 13.4. The maximum absolute atomic E-state index is 13.4. The third-order valence-electron chi connectivity index (χ3n) is 6.48. The van der Waals surface area contributed by atoms with Crippen LogP contribution in [0, 0.1) is 11.3 Å². The number of nitriles is 1. The van der Waals surface area contributed by atoms with E-state index < -0.39 is 10.0 Å². The minimum absolute atomic E-state index is 0.0383. The number of piperazine rings is 1. The monoisotopic (exact) mass is 516 g/mol. The molecule has 2 aromatic heterocycles. The highest BCUT2D eigenvalue weighted by Gasteiger charge is 2.23. The normalized spacial score (nSPS) is 15.4. The van der Waals surface area contributed by atoms with E-state index in [4.69, 9.17) is 0 Å².